The number of urea groups is 1. The molecule has 3 aromatic carbocycles. The lowest BCUT2D eigenvalue weighted by atomic mass is 10.0. The molecule has 1 aliphatic rings. The molecule has 4 rings (SSSR count). The predicted molar refractivity (Wildman–Crippen MR) is 137 cm³/mol. The van der Waals surface area contributed by atoms with Gasteiger partial charge in [0, 0.05) is 49.9 Å². The molecule has 0 radical (unpaired) electrons. The second-order valence-electron chi connectivity index (χ2n) is 8.99. The van der Waals surface area contributed by atoms with Gasteiger partial charge in [0.05, 0.1) is 4.90 Å². The number of carbonyl (C=O) groups is 2. The van der Waals surface area contributed by atoms with E-state index in [0.717, 1.165) is 5.56 Å². The lowest BCUT2D eigenvalue weighted by molar-refractivity contribution is 0.102. The Morgan fingerprint density at radius 3 is 2.20 bits per heavy atom. The van der Waals surface area contributed by atoms with Gasteiger partial charge >= 0.3 is 6.03 Å². The first-order valence-electron chi connectivity index (χ1n) is 11.5. The number of sulfonamides is 1. The standard InChI is InChI=1S/C26H30N4O4S/c1-18-8-4-7-11-23(18)27-25(31)22-12-13-24(21-10-6-5-9-20(21)22)35(33,34)28-19-14-16-30(17-15-19)26(32)29(2)3/h4-13,19,28H,14-17H2,1-3H3,(H,27,31). The van der Waals surface area contributed by atoms with E-state index in [1.54, 1.807) is 49.3 Å². The summed E-state index contributed by atoms with van der Waals surface area (Å²) in [6.07, 6.45) is 1.07. The summed E-state index contributed by atoms with van der Waals surface area (Å²) in [6, 6.07) is 17.2. The van der Waals surface area contributed by atoms with E-state index in [0.29, 0.717) is 48.0 Å². The number of hydrogen-bond donors (Lipinski definition) is 2. The number of fused-ring (bicyclic) bond motifs is 1. The van der Waals surface area contributed by atoms with Gasteiger partial charge in [-0.2, -0.15) is 0 Å². The number of aryl methyl sites for hydroxylation is 1. The van der Waals surface area contributed by atoms with Crippen LogP contribution in [0, 0.1) is 6.92 Å². The fraction of sp³-hybridized carbons (Fsp3) is 0.308. The third-order valence-electron chi connectivity index (χ3n) is 6.28. The fourth-order valence-corrected chi connectivity index (χ4v) is 5.88. The number of nitrogens with one attached hydrogen (secondary N) is 2. The summed E-state index contributed by atoms with van der Waals surface area (Å²) in [5.74, 6) is -0.301. The first kappa shape index (κ1) is 24.7. The number of carbonyl (C=O) groups excluding carboxylic acids is 2. The Labute approximate surface area is 206 Å². The molecule has 0 saturated carbocycles. The molecule has 1 saturated heterocycles. The smallest absolute Gasteiger partial charge is 0.319 e. The van der Waals surface area contributed by atoms with Crippen molar-refractivity contribution in [1.29, 1.82) is 0 Å². The Hall–Kier alpha value is -3.43. The number of hydrogen-bond acceptors (Lipinski definition) is 4. The Kier molecular flexibility index (Phi) is 7.09. The van der Waals surface area contributed by atoms with Crippen molar-refractivity contribution in [1.82, 2.24) is 14.5 Å². The van der Waals surface area contributed by atoms with Gasteiger partial charge in [-0.05, 0) is 48.9 Å². The molecule has 9 heteroatoms. The maximum absolute atomic E-state index is 13.4. The Bertz CT molecular complexity index is 1360. The molecular formula is C26H30N4O4S. The van der Waals surface area contributed by atoms with Gasteiger partial charge in [-0.1, -0.05) is 42.5 Å². The average molecular weight is 495 g/mol. The SMILES string of the molecule is Cc1ccccc1NC(=O)c1ccc(S(=O)(=O)NC2CCN(C(=O)N(C)C)CC2)c2ccccc12. The molecule has 3 aromatic rings. The van der Waals surface area contributed by atoms with Crippen LogP contribution in [0.4, 0.5) is 10.5 Å². The van der Waals surface area contributed by atoms with Crippen LogP contribution in [0.15, 0.2) is 65.6 Å². The van der Waals surface area contributed by atoms with Crippen molar-refractivity contribution in [2.75, 3.05) is 32.5 Å². The highest BCUT2D eigenvalue weighted by molar-refractivity contribution is 7.89. The molecule has 8 nitrogen and oxygen atoms in total. The van der Waals surface area contributed by atoms with E-state index in [-0.39, 0.29) is 22.9 Å². The molecule has 3 amide bonds. The van der Waals surface area contributed by atoms with Crippen molar-refractivity contribution in [3.63, 3.8) is 0 Å². The summed E-state index contributed by atoms with van der Waals surface area (Å²) in [5, 5.41) is 3.97. The molecule has 0 bridgehead atoms. The van der Waals surface area contributed by atoms with E-state index >= 15 is 0 Å². The Morgan fingerprint density at radius 1 is 0.914 bits per heavy atom. The molecule has 0 aromatic heterocycles. The van der Waals surface area contributed by atoms with E-state index in [9.17, 15) is 18.0 Å². The fourth-order valence-electron chi connectivity index (χ4n) is 4.36. The van der Waals surface area contributed by atoms with Crippen LogP contribution in [0.5, 0.6) is 0 Å². The monoisotopic (exact) mass is 494 g/mol. The molecule has 0 unspecified atom stereocenters. The van der Waals surface area contributed by atoms with Crippen molar-refractivity contribution in [3.05, 3.63) is 71.8 Å². The molecule has 1 aliphatic heterocycles. The predicted octanol–water partition coefficient (Wildman–Crippen LogP) is 3.82. The van der Waals surface area contributed by atoms with E-state index in [1.807, 2.05) is 31.2 Å². The van der Waals surface area contributed by atoms with Crippen molar-refractivity contribution in [3.8, 4) is 0 Å². The van der Waals surface area contributed by atoms with Gasteiger partial charge in [0.25, 0.3) is 5.91 Å². The highest BCUT2D eigenvalue weighted by Gasteiger charge is 2.28. The van der Waals surface area contributed by atoms with Crippen LogP contribution in [0.1, 0.15) is 28.8 Å². The second kappa shape index (κ2) is 10.1. The lowest BCUT2D eigenvalue weighted by Crippen LogP contribution is -2.49. The summed E-state index contributed by atoms with van der Waals surface area (Å²) in [5.41, 5.74) is 2.05. The average Bonchev–Trinajstić information content (AvgIpc) is 2.84. The highest BCUT2D eigenvalue weighted by atomic mass is 32.2. The quantitative estimate of drug-likeness (QED) is 0.563. The zero-order valence-corrected chi connectivity index (χ0v) is 20.9. The summed E-state index contributed by atoms with van der Waals surface area (Å²) >= 11 is 0. The number of likely N-dealkylation sites (tertiary alicyclic amines) is 1. The molecule has 0 atom stereocenters. The van der Waals surface area contributed by atoms with E-state index < -0.39 is 10.0 Å². The van der Waals surface area contributed by atoms with Crippen LogP contribution in [0.25, 0.3) is 10.8 Å². The molecule has 0 aliphatic carbocycles. The number of benzene rings is 3. The molecule has 2 N–H and O–H groups in total. The van der Waals surface area contributed by atoms with Crippen LogP contribution in [0.3, 0.4) is 0 Å². The molecule has 35 heavy (non-hydrogen) atoms. The van der Waals surface area contributed by atoms with Gasteiger partial charge < -0.3 is 15.1 Å². The summed E-state index contributed by atoms with van der Waals surface area (Å²) in [6.45, 7) is 2.89. The van der Waals surface area contributed by atoms with Crippen LogP contribution < -0.4 is 10.0 Å². The molecular weight excluding hydrogens is 464 g/mol. The molecule has 1 heterocycles. The Balaban J connectivity index is 1.57. The van der Waals surface area contributed by atoms with Crippen molar-refractivity contribution in [2.45, 2.75) is 30.7 Å². The zero-order chi connectivity index (χ0) is 25.2. The number of rotatable bonds is 5. The minimum atomic E-state index is -3.84. The Morgan fingerprint density at radius 2 is 1.54 bits per heavy atom. The highest BCUT2D eigenvalue weighted by Crippen LogP contribution is 2.28. The van der Waals surface area contributed by atoms with E-state index in [1.165, 1.54) is 11.0 Å². The van der Waals surface area contributed by atoms with Crippen LogP contribution in [-0.2, 0) is 10.0 Å². The van der Waals surface area contributed by atoms with Gasteiger partial charge in [-0.3, -0.25) is 4.79 Å². The zero-order valence-electron chi connectivity index (χ0n) is 20.1. The van der Waals surface area contributed by atoms with Crippen LogP contribution in [-0.4, -0.2) is 63.4 Å². The van der Waals surface area contributed by atoms with Crippen LogP contribution in [0.2, 0.25) is 0 Å². The first-order chi connectivity index (χ1) is 16.7. The minimum Gasteiger partial charge on any atom is -0.331 e. The summed E-state index contributed by atoms with van der Waals surface area (Å²) < 4.78 is 29.5. The van der Waals surface area contributed by atoms with Crippen LogP contribution >= 0.6 is 0 Å². The second-order valence-corrected chi connectivity index (χ2v) is 10.7. The third kappa shape index (κ3) is 5.31. The van der Waals surface area contributed by atoms with Gasteiger partial charge in [-0.25, -0.2) is 17.9 Å². The topological polar surface area (TPSA) is 98.8 Å². The van der Waals surface area contributed by atoms with Crippen molar-refractivity contribution in [2.24, 2.45) is 0 Å². The number of anilines is 1. The first-order valence-corrected chi connectivity index (χ1v) is 13.0. The van der Waals surface area contributed by atoms with Gasteiger partial charge in [0.2, 0.25) is 10.0 Å². The minimum absolute atomic E-state index is 0.0723. The van der Waals surface area contributed by atoms with Gasteiger partial charge in [-0.15, -0.1) is 0 Å². The maximum atomic E-state index is 13.4. The lowest BCUT2D eigenvalue weighted by Gasteiger charge is -2.33. The summed E-state index contributed by atoms with van der Waals surface area (Å²) in [4.78, 5) is 28.6. The number of piperidine rings is 1. The normalized spacial score (nSPS) is 14.7. The summed E-state index contributed by atoms with van der Waals surface area (Å²) in [7, 11) is -0.441. The molecule has 184 valence electrons. The molecule has 0 spiro atoms. The van der Waals surface area contributed by atoms with E-state index in [4.69, 9.17) is 0 Å². The van der Waals surface area contributed by atoms with Crippen molar-refractivity contribution < 1.29 is 18.0 Å². The van der Waals surface area contributed by atoms with Crippen molar-refractivity contribution >= 4 is 38.4 Å². The van der Waals surface area contributed by atoms with E-state index in [2.05, 4.69) is 10.0 Å². The van der Waals surface area contributed by atoms with Gasteiger partial charge in [0.15, 0.2) is 0 Å². The molecule has 1 fully saturated rings. The number of para-hydroxylation sites is 1. The van der Waals surface area contributed by atoms with Gasteiger partial charge in [0.1, 0.15) is 0 Å². The largest absolute Gasteiger partial charge is 0.331 e. The third-order valence-corrected chi connectivity index (χ3v) is 7.86. The maximum Gasteiger partial charge on any atom is 0.319 e. The number of amides is 3. The number of nitrogens with zero attached hydrogens (tertiary/aromatic N) is 2.